The maximum Gasteiger partial charge on any atom is 0.328 e. The molecule has 0 bridgehead atoms. The number of amides is 2. The number of rotatable bonds is 7. The number of urea groups is 1. The molecule has 1 aliphatic rings. The maximum absolute atomic E-state index is 12.6. The van der Waals surface area contributed by atoms with Crippen LogP contribution in [0.5, 0.6) is 0 Å². The summed E-state index contributed by atoms with van der Waals surface area (Å²) in [7, 11) is 1.33. The molecule has 0 saturated heterocycles. The normalized spacial score (nSPS) is 16.0. The Bertz CT molecular complexity index is 582. The molecule has 140 valence electrons. The van der Waals surface area contributed by atoms with Crippen LogP contribution in [0.25, 0.3) is 0 Å². The van der Waals surface area contributed by atoms with Crippen molar-refractivity contribution in [1.82, 2.24) is 15.2 Å². The first-order valence-electron chi connectivity index (χ1n) is 9.03. The van der Waals surface area contributed by atoms with Crippen molar-refractivity contribution in [3.8, 4) is 0 Å². The molecule has 1 fully saturated rings. The van der Waals surface area contributed by atoms with Gasteiger partial charge in [-0.15, -0.1) is 11.3 Å². The first-order chi connectivity index (χ1) is 12.0. The molecule has 1 heterocycles. The van der Waals surface area contributed by atoms with Crippen molar-refractivity contribution in [3.05, 3.63) is 16.1 Å². The van der Waals surface area contributed by atoms with Crippen molar-refractivity contribution in [3.63, 3.8) is 0 Å². The lowest BCUT2D eigenvalue weighted by Crippen LogP contribution is -2.50. The highest BCUT2D eigenvalue weighted by Gasteiger charge is 2.27. The molecule has 1 N–H and O–H groups in total. The van der Waals surface area contributed by atoms with Gasteiger partial charge in [-0.25, -0.2) is 14.6 Å². The Kier molecular flexibility index (Phi) is 7.23. The van der Waals surface area contributed by atoms with E-state index in [1.807, 2.05) is 26.2 Å². The first-order valence-corrected chi connectivity index (χ1v) is 9.91. The zero-order chi connectivity index (χ0) is 18.4. The van der Waals surface area contributed by atoms with Gasteiger partial charge in [0.2, 0.25) is 0 Å². The third-order valence-electron chi connectivity index (χ3n) is 4.70. The second-order valence-corrected chi connectivity index (χ2v) is 7.76. The lowest BCUT2D eigenvalue weighted by Gasteiger charge is -2.25. The molecule has 0 radical (unpaired) electrons. The third-order valence-corrected chi connectivity index (χ3v) is 5.75. The first kappa shape index (κ1) is 19.7. The van der Waals surface area contributed by atoms with E-state index >= 15 is 0 Å². The minimum absolute atomic E-state index is 0.0386. The average Bonchev–Trinajstić information content (AvgIpc) is 3.27. The van der Waals surface area contributed by atoms with Crippen molar-refractivity contribution >= 4 is 23.3 Å². The van der Waals surface area contributed by atoms with Crippen LogP contribution < -0.4 is 5.32 Å². The van der Waals surface area contributed by atoms with Crippen LogP contribution in [0.1, 0.15) is 63.1 Å². The van der Waals surface area contributed by atoms with Crippen molar-refractivity contribution in [1.29, 1.82) is 0 Å². The highest BCUT2D eigenvalue weighted by molar-refractivity contribution is 7.09. The highest BCUT2D eigenvalue weighted by Crippen LogP contribution is 2.35. The summed E-state index contributed by atoms with van der Waals surface area (Å²) in [6, 6.07) is -0.905. The molecule has 6 nitrogen and oxygen atoms in total. The number of nitrogens with zero attached hydrogens (tertiary/aromatic N) is 2. The summed E-state index contributed by atoms with van der Waals surface area (Å²) < 4.78 is 4.78. The third kappa shape index (κ3) is 5.17. The van der Waals surface area contributed by atoms with Gasteiger partial charge in [0, 0.05) is 17.8 Å². The zero-order valence-corrected chi connectivity index (χ0v) is 16.4. The van der Waals surface area contributed by atoms with Gasteiger partial charge in [0.15, 0.2) is 0 Å². The van der Waals surface area contributed by atoms with Gasteiger partial charge in [-0.3, -0.25) is 0 Å². The molecule has 25 heavy (non-hydrogen) atoms. The van der Waals surface area contributed by atoms with Gasteiger partial charge in [0.1, 0.15) is 6.04 Å². The van der Waals surface area contributed by atoms with E-state index < -0.39 is 12.0 Å². The molecule has 1 aromatic rings. The number of methoxy groups -OCH3 is 1. The van der Waals surface area contributed by atoms with Crippen LogP contribution in [-0.2, 0) is 16.1 Å². The van der Waals surface area contributed by atoms with Gasteiger partial charge in [0.05, 0.1) is 24.4 Å². The standard InChI is InChI=1S/C18H29N3O3S/c1-5-21(18(23)20-15(12(2)3)17(22)24-4)10-14-11-25-16(19-14)13-8-6-7-9-13/h11-13,15H,5-10H2,1-4H3,(H,20,23)/t15-/m0/s1. The van der Waals surface area contributed by atoms with Gasteiger partial charge in [-0.05, 0) is 25.7 Å². The summed E-state index contributed by atoms with van der Waals surface area (Å²) in [6.45, 7) is 6.69. The molecule has 1 atom stereocenters. The van der Waals surface area contributed by atoms with E-state index in [2.05, 4.69) is 5.32 Å². The average molecular weight is 368 g/mol. The van der Waals surface area contributed by atoms with E-state index in [-0.39, 0.29) is 11.9 Å². The van der Waals surface area contributed by atoms with E-state index in [0.29, 0.717) is 19.0 Å². The molecule has 0 aliphatic heterocycles. The minimum atomic E-state index is -0.643. The maximum atomic E-state index is 12.6. The summed E-state index contributed by atoms with van der Waals surface area (Å²) in [4.78, 5) is 30.8. The van der Waals surface area contributed by atoms with Crippen molar-refractivity contribution in [2.75, 3.05) is 13.7 Å². The van der Waals surface area contributed by atoms with E-state index in [9.17, 15) is 9.59 Å². The fourth-order valence-corrected chi connectivity index (χ4v) is 4.11. The van der Waals surface area contributed by atoms with Crippen LogP contribution >= 0.6 is 11.3 Å². The number of hydrogen-bond donors (Lipinski definition) is 1. The monoisotopic (exact) mass is 367 g/mol. The van der Waals surface area contributed by atoms with Crippen LogP contribution in [0.3, 0.4) is 0 Å². The molecule has 7 heteroatoms. The smallest absolute Gasteiger partial charge is 0.328 e. The molecule has 0 spiro atoms. The van der Waals surface area contributed by atoms with E-state index in [1.54, 1.807) is 16.2 Å². The summed E-state index contributed by atoms with van der Waals surface area (Å²) in [6.07, 6.45) is 5.01. The number of esters is 1. The zero-order valence-electron chi connectivity index (χ0n) is 15.6. The molecule has 2 rings (SSSR count). The molecular formula is C18H29N3O3S. The van der Waals surface area contributed by atoms with Gasteiger partial charge >= 0.3 is 12.0 Å². The Morgan fingerprint density at radius 1 is 1.40 bits per heavy atom. The quantitative estimate of drug-likeness (QED) is 0.748. The fraction of sp³-hybridized carbons (Fsp3) is 0.722. The molecule has 0 aromatic carbocycles. The summed E-state index contributed by atoms with van der Waals surface area (Å²) in [5.74, 6) is 0.132. The van der Waals surface area contributed by atoms with Crippen LogP contribution in [0.4, 0.5) is 4.79 Å². The Balaban J connectivity index is 1.98. The van der Waals surface area contributed by atoms with Crippen LogP contribution in [0.2, 0.25) is 0 Å². The van der Waals surface area contributed by atoms with Gasteiger partial charge in [-0.2, -0.15) is 0 Å². The lowest BCUT2D eigenvalue weighted by molar-refractivity contribution is -0.144. The molecule has 1 aliphatic carbocycles. The van der Waals surface area contributed by atoms with Gasteiger partial charge in [0.25, 0.3) is 0 Å². The predicted molar refractivity (Wildman–Crippen MR) is 98.6 cm³/mol. The Morgan fingerprint density at radius 3 is 2.64 bits per heavy atom. The molecular weight excluding hydrogens is 338 g/mol. The summed E-state index contributed by atoms with van der Waals surface area (Å²) in [5, 5.41) is 6.03. The van der Waals surface area contributed by atoms with Gasteiger partial charge in [-0.1, -0.05) is 26.7 Å². The van der Waals surface area contributed by atoms with Crippen molar-refractivity contribution in [2.45, 2.75) is 65.0 Å². The molecule has 1 saturated carbocycles. The van der Waals surface area contributed by atoms with Crippen LogP contribution in [0, 0.1) is 5.92 Å². The second-order valence-electron chi connectivity index (χ2n) is 6.87. The number of hydrogen-bond acceptors (Lipinski definition) is 5. The highest BCUT2D eigenvalue weighted by atomic mass is 32.1. The predicted octanol–water partition coefficient (Wildman–Crippen LogP) is 3.53. The summed E-state index contributed by atoms with van der Waals surface area (Å²) in [5.41, 5.74) is 0.920. The Labute approximate surface area is 154 Å². The number of thiazole rings is 1. The number of ether oxygens (including phenoxy) is 1. The van der Waals surface area contributed by atoms with Crippen LogP contribution in [-0.4, -0.2) is 41.6 Å². The van der Waals surface area contributed by atoms with E-state index in [0.717, 1.165) is 5.69 Å². The number of aromatic nitrogens is 1. The number of carbonyl (C=O) groups excluding carboxylic acids is 2. The SMILES string of the molecule is CCN(Cc1csc(C2CCCC2)n1)C(=O)N[C@H](C(=O)OC)C(C)C. The summed E-state index contributed by atoms with van der Waals surface area (Å²) >= 11 is 1.69. The van der Waals surface area contributed by atoms with Gasteiger partial charge < -0.3 is 15.0 Å². The van der Waals surface area contributed by atoms with Crippen LogP contribution in [0.15, 0.2) is 5.38 Å². The van der Waals surface area contributed by atoms with Crippen molar-refractivity contribution < 1.29 is 14.3 Å². The second kappa shape index (κ2) is 9.17. The Morgan fingerprint density at radius 2 is 2.08 bits per heavy atom. The number of carbonyl (C=O) groups is 2. The minimum Gasteiger partial charge on any atom is -0.467 e. The van der Waals surface area contributed by atoms with E-state index in [4.69, 9.17) is 9.72 Å². The molecule has 2 amide bonds. The number of nitrogens with one attached hydrogen (secondary N) is 1. The topological polar surface area (TPSA) is 71.5 Å². The lowest BCUT2D eigenvalue weighted by atomic mass is 10.1. The molecule has 0 unspecified atom stereocenters. The van der Waals surface area contributed by atoms with Crippen molar-refractivity contribution in [2.24, 2.45) is 5.92 Å². The molecule has 1 aromatic heterocycles. The largest absolute Gasteiger partial charge is 0.467 e. The Hall–Kier alpha value is -1.63. The fourth-order valence-electron chi connectivity index (χ4n) is 3.13. The van der Waals surface area contributed by atoms with E-state index in [1.165, 1.54) is 37.8 Å².